The average Bonchev–Trinajstić information content (AvgIpc) is 2.36. The number of carbonyl (C=O) groups is 1. The van der Waals surface area contributed by atoms with Crippen molar-refractivity contribution in [1.82, 2.24) is 5.32 Å². The zero-order chi connectivity index (χ0) is 13.1. The molecule has 0 saturated heterocycles. The molecule has 1 rings (SSSR count). The first-order chi connectivity index (χ1) is 7.95. The van der Waals surface area contributed by atoms with Crippen LogP contribution in [-0.4, -0.2) is 25.7 Å². The van der Waals surface area contributed by atoms with E-state index in [4.69, 9.17) is 4.52 Å². The summed E-state index contributed by atoms with van der Waals surface area (Å²) in [6.45, 7) is 3.31. The van der Waals surface area contributed by atoms with Crippen LogP contribution < -0.4 is 10.6 Å². The maximum absolute atomic E-state index is 12.6. The molecule has 0 fully saturated rings. The summed E-state index contributed by atoms with van der Waals surface area (Å²) in [6.07, 6.45) is 0. The molecule has 0 heterocycles. The molecule has 94 valence electrons. The summed E-state index contributed by atoms with van der Waals surface area (Å²) in [4.78, 5) is 11.2. The van der Waals surface area contributed by atoms with Gasteiger partial charge >= 0.3 is 0 Å². The molecule has 0 amide bonds. The van der Waals surface area contributed by atoms with Gasteiger partial charge in [-0.2, -0.15) is 0 Å². The lowest BCUT2D eigenvalue weighted by molar-refractivity contribution is 0.101. The lowest BCUT2D eigenvalue weighted by Gasteiger charge is -2.23. The molecule has 1 N–H and O–H groups in total. The highest BCUT2D eigenvalue weighted by Gasteiger charge is 2.30. The van der Waals surface area contributed by atoms with Gasteiger partial charge in [0.1, 0.15) is 0 Å². The topological polar surface area (TPSA) is 55.4 Å². The van der Waals surface area contributed by atoms with Crippen molar-refractivity contribution in [2.75, 3.05) is 14.2 Å². The molecule has 2 unspecified atom stereocenters. The molecule has 1 aromatic carbocycles. The van der Waals surface area contributed by atoms with Gasteiger partial charge in [-0.1, -0.05) is 12.1 Å². The van der Waals surface area contributed by atoms with E-state index in [1.807, 2.05) is 6.92 Å². The molecule has 0 radical (unpaired) electrons. The Morgan fingerprint density at radius 2 is 1.88 bits per heavy atom. The fourth-order valence-electron chi connectivity index (χ4n) is 1.56. The number of benzene rings is 1. The Labute approximate surface area is 102 Å². The van der Waals surface area contributed by atoms with Crippen molar-refractivity contribution in [3.8, 4) is 0 Å². The molecule has 17 heavy (non-hydrogen) atoms. The molecule has 0 spiro atoms. The van der Waals surface area contributed by atoms with Crippen molar-refractivity contribution in [3.63, 3.8) is 0 Å². The van der Waals surface area contributed by atoms with E-state index in [0.29, 0.717) is 10.9 Å². The Kier molecular flexibility index (Phi) is 4.63. The fourth-order valence-corrected chi connectivity index (χ4v) is 3.44. The van der Waals surface area contributed by atoms with E-state index in [1.165, 1.54) is 14.0 Å². The normalized spacial score (nSPS) is 16.2. The minimum Gasteiger partial charge on any atom is -0.328 e. The Morgan fingerprint density at radius 3 is 2.24 bits per heavy atom. The monoisotopic (exact) mass is 255 g/mol. The largest absolute Gasteiger partial charge is 0.328 e. The fraction of sp³-hybridized carbons (Fsp3) is 0.417. The first-order valence-electron chi connectivity index (χ1n) is 5.40. The molecule has 0 bridgehead atoms. The molecular weight excluding hydrogens is 237 g/mol. The molecule has 0 aromatic heterocycles. The zero-order valence-electron chi connectivity index (χ0n) is 10.6. The Hall–Kier alpha value is -0.960. The second-order valence-electron chi connectivity index (χ2n) is 3.85. The summed E-state index contributed by atoms with van der Waals surface area (Å²) in [7, 11) is 0.258. The molecule has 5 heteroatoms. The highest BCUT2D eigenvalue weighted by molar-refractivity contribution is 7.67. The van der Waals surface area contributed by atoms with Gasteiger partial charge in [-0.15, -0.1) is 0 Å². The molecule has 0 saturated carbocycles. The molecule has 0 aliphatic carbocycles. The van der Waals surface area contributed by atoms with Crippen molar-refractivity contribution in [2.24, 2.45) is 0 Å². The Bertz CT molecular complexity index is 442. The second kappa shape index (κ2) is 5.58. The highest BCUT2D eigenvalue weighted by atomic mass is 31.2. The van der Waals surface area contributed by atoms with Gasteiger partial charge in [-0.3, -0.25) is 9.36 Å². The lowest BCUT2D eigenvalue weighted by Crippen LogP contribution is -2.27. The quantitative estimate of drug-likeness (QED) is 0.646. The van der Waals surface area contributed by atoms with Gasteiger partial charge in [0, 0.05) is 18.0 Å². The van der Waals surface area contributed by atoms with Crippen LogP contribution in [0.1, 0.15) is 24.2 Å². The van der Waals surface area contributed by atoms with Gasteiger partial charge in [0.15, 0.2) is 5.78 Å². The predicted molar refractivity (Wildman–Crippen MR) is 69.2 cm³/mol. The maximum atomic E-state index is 12.6. The van der Waals surface area contributed by atoms with Gasteiger partial charge in [0.25, 0.3) is 0 Å². The van der Waals surface area contributed by atoms with E-state index in [2.05, 4.69) is 5.32 Å². The summed E-state index contributed by atoms with van der Waals surface area (Å²) in [5.74, 6) is -0.277. The standard InChI is InChI=1S/C12H18NO3P/c1-9(14)11-5-7-12(8-6-11)17(15,16-4)10(2)13-3/h5-8,10,13H,1-4H3. The molecular formula is C12H18NO3P. The molecule has 2 atom stereocenters. The van der Waals surface area contributed by atoms with Gasteiger partial charge in [-0.05, 0) is 33.0 Å². The summed E-state index contributed by atoms with van der Waals surface area (Å²) < 4.78 is 17.8. The van der Waals surface area contributed by atoms with Crippen LogP contribution in [0.3, 0.4) is 0 Å². The third-order valence-corrected chi connectivity index (χ3v) is 5.67. The van der Waals surface area contributed by atoms with E-state index in [1.54, 1.807) is 31.3 Å². The van der Waals surface area contributed by atoms with Gasteiger partial charge in [-0.25, -0.2) is 0 Å². The number of Topliss-reactive ketones (excluding diaryl/α,β-unsaturated/α-hetero) is 1. The van der Waals surface area contributed by atoms with Crippen LogP contribution in [0.15, 0.2) is 24.3 Å². The summed E-state index contributed by atoms with van der Waals surface area (Å²) >= 11 is 0. The third kappa shape index (κ3) is 2.83. The summed E-state index contributed by atoms with van der Waals surface area (Å²) in [5.41, 5.74) is 0.605. The van der Waals surface area contributed by atoms with E-state index in [9.17, 15) is 9.36 Å². The molecule has 0 aliphatic rings. The van der Waals surface area contributed by atoms with Gasteiger partial charge in [0.05, 0.1) is 5.78 Å². The SMILES string of the molecule is CNC(C)P(=O)(OC)c1ccc(C(C)=O)cc1. The maximum Gasteiger partial charge on any atom is 0.247 e. The van der Waals surface area contributed by atoms with Crippen molar-refractivity contribution in [1.29, 1.82) is 0 Å². The first kappa shape index (κ1) is 14.1. The van der Waals surface area contributed by atoms with Crippen LogP contribution in [0.2, 0.25) is 0 Å². The summed E-state index contributed by atoms with van der Waals surface area (Å²) in [5, 5.41) is 3.55. The van der Waals surface area contributed by atoms with Crippen LogP contribution in [0, 0.1) is 0 Å². The molecule has 4 nitrogen and oxygen atoms in total. The molecule has 0 aliphatic heterocycles. The Morgan fingerprint density at radius 1 is 1.35 bits per heavy atom. The number of nitrogens with one attached hydrogen (secondary N) is 1. The van der Waals surface area contributed by atoms with E-state index in [0.717, 1.165) is 0 Å². The van der Waals surface area contributed by atoms with Crippen molar-refractivity contribution < 1.29 is 13.9 Å². The van der Waals surface area contributed by atoms with Crippen LogP contribution in [-0.2, 0) is 9.09 Å². The number of rotatable bonds is 5. The van der Waals surface area contributed by atoms with Crippen molar-refractivity contribution in [2.45, 2.75) is 19.6 Å². The van der Waals surface area contributed by atoms with Crippen molar-refractivity contribution in [3.05, 3.63) is 29.8 Å². The van der Waals surface area contributed by atoms with E-state index in [-0.39, 0.29) is 11.6 Å². The smallest absolute Gasteiger partial charge is 0.247 e. The number of hydrogen-bond donors (Lipinski definition) is 1. The summed E-state index contributed by atoms with van der Waals surface area (Å²) in [6, 6.07) is 6.72. The second-order valence-corrected chi connectivity index (χ2v) is 6.70. The lowest BCUT2D eigenvalue weighted by atomic mass is 10.2. The zero-order valence-corrected chi connectivity index (χ0v) is 11.5. The number of carbonyl (C=O) groups excluding carboxylic acids is 1. The predicted octanol–water partition coefficient (Wildman–Crippen LogP) is 2.00. The van der Waals surface area contributed by atoms with E-state index < -0.39 is 7.37 Å². The minimum atomic E-state index is -2.92. The van der Waals surface area contributed by atoms with Gasteiger partial charge in [0.2, 0.25) is 7.37 Å². The number of hydrogen-bond acceptors (Lipinski definition) is 4. The highest BCUT2D eigenvalue weighted by Crippen LogP contribution is 2.48. The Balaban J connectivity index is 3.14. The first-order valence-corrected chi connectivity index (χ1v) is 7.09. The van der Waals surface area contributed by atoms with Gasteiger partial charge < -0.3 is 9.84 Å². The van der Waals surface area contributed by atoms with Crippen LogP contribution in [0.25, 0.3) is 0 Å². The van der Waals surface area contributed by atoms with Crippen LogP contribution in [0.5, 0.6) is 0 Å². The number of ketones is 1. The van der Waals surface area contributed by atoms with E-state index >= 15 is 0 Å². The average molecular weight is 255 g/mol. The molecule has 1 aromatic rings. The minimum absolute atomic E-state index is 0.00883. The third-order valence-electron chi connectivity index (χ3n) is 2.83. The van der Waals surface area contributed by atoms with Crippen molar-refractivity contribution >= 4 is 18.5 Å². The van der Waals surface area contributed by atoms with Crippen LogP contribution >= 0.6 is 7.37 Å². The van der Waals surface area contributed by atoms with Crippen LogP contribution in [0.4, 0.5) is 0 Å².